The summed E-state index contributed by atoms with van der Waals surface area (Å²) in [5.41, 5.74) is 1.59. The van der Waals surface area contributed by atoms with Crippen molar-refractivity contribution in [2.45, 2.75) is 6.04 Å². The van der Waals surface area contributed by atoms with Crippen LogP contribution in [0.25, 0.3) is 0 Å². The van der Waals surface area contributed by atoms with Crippen LogP contribution in [0, 0.1) is 11.3 Å². The number of amides is 1. The maximum absolute atomic E-state index is 12.0. The van der Waals surface area contributed by atoms with E-state index >= 15 is 0 Å². The fraction of sp³-hybridized carbons (Fsp3) is 0.273. The third-order valence-corrected chi connectivity index (χ3v) is 2.86. The van der Waals surface area contributed by atoms with Crippen LogP contribution in [-0.2, 0) is 4.79 Å². The first-order valence-corrected chi connectivity index (χ1v) is 5.22. The smallest absolute Gasteiger partial charge is 0.249 e. The van der Waals surface area contributed by atoms with Crippen LogP contribution in [0.2, 0.25) is 5.02 Å². The van der Waals surface area contributed by atoms with E-state index in [0.717, 1.165) is 11.3 Å². The largest absolute Gasteiger partial charge is 0.305 e. The Kier molecular flexibility index (Phi) is 2.82. The van der Waals surface area contributed by atoms with Gasteiger partial charge in [0.1, 0.15) is 12.6 Å². The van der Waals surface area contributed by atoms with Crippen LogP contribution in [0.5, 0.6) is 0 Å². The number of hydrogen-bond acceptors (Lipinski definition) is 3. The normalized spacial score (nSPS) is 18.4. The summed E-state index contributed by atoms with van der Waals surface area (Å²) < 4.78 is 0. The first kappa shape index (κ1) is 10.9. The highest BCUT2D eigenvalue weighted by Gasteiger charge is 2.36. The molecule has 0 spiro atoms. The molecular weight excluding hydrogens is 226 g/mol. The summed E-state index contributed by atoms with van der Waals surface area (Å²) in [5, 5.41) is 12.2. The van der Waals surface area contributed by atoms with Crippen molar-refractivity contribution < 1.29 is 4.79 Å². The highest BCUT2D eigenvalue weighted by atomic mass is 35.5. The number of nitrogens with zero attached hydrogens (tertiary/aromatic N) is 2. The van der Waals surface area contributed by atoms with E-state index in [-0.39, 0.29) is 18.5 Å². The molecule has 0 saturated carbocycles. The molecule has 1 aromatic rings. The molecule has 0 saturated heterocycles. The van der Waals surface area contributed by atoms with Gasteiger partial charge in [-0.15, -0.1) is 0 Å². The average Bonchev–Trinajstić information content (AvgIpc) is 2.52. The standard InChI is InChI=1S/C11H10ClN3O/c1-14-10-8-3-2-7(12)6-9(8)15(5-4-13)11(10)16/h2-3,6,10,14H,5H2,1H3. The molecule has 0 aromatic heterocycles. The minimum absolute atomic E-state index is 0.0460. The Morgan fingerprint density at radius 2 is 2.38 bits per heavy atom. The molecule has 82 valence electrons. The molecule has 2 rings (SSSR count). The van der Waals surface area contributed by atoms with Crippen LogP contribution in [0.4, 0.5) is 5.69 Å². The molecule has 1 atom stereocenters. The lowest BCUT2D eigenvalue weighted by atomic mass is 10.1. The number of halogens is 1. The van der Waals surface area contributed by atoms with Crippen molar-refractivity contribution in [1.82, 2.24) is 5.32 Å². The van der Waals surface area contributed by atoms with Crippen molar-refractivity contribution in [3.63, 3.8) is 0 Å². The van der Waals surface area contributed by atoms with Gasteiger partial charge in [0.2, 0.25) is 5.91 Å². The zero-order valence-corrected chi connectivity index (χ0v) is 9.45. The van der Waals surface area contributed by atoms with Gasteiger partial charge in [-0.3, -0.25) is 9.69 Å². The lowest BCUT2D eigenvalue weighted by molar-refractivity contribution is -0.119. The van der Waals surface area contributed by atoms with Crippen molar-refractivity contribution >= 4 is 23.2 Å². The van der Waals surface area contributed by atoms with Crippen LogP contribution in [0.3, 0.4) is 0 Å². The molecule has 0 aliphatic carbocycles. The molecule has 1 N–H and O–H groups in total. The molecule has 4 nitrogen and oxygen atoms in total. The van der Waals surface area contributed by atoms with Crippen molar-refractivity contribution in [1.29, 1.82) is 5.26 Å². The van der Waals surface area contributed by atoms with Crippen LogP contribution >= 0.6 is 11.6 Å². The van der Waals surface area contributed by atoms with Gasteiger partial charge in [-0.05, 0) is 19.2 Å². The summed E-state index contributed by atoms with van der Waals surface area (Å²) in [4.78, 5) is 13.4. The van der Waals surface area contributed by atoms with Gasteiger partial charge in [-0.1, -0.05) is 17.7 Å². The predicted octanol–water partition coefficient (Wildman–Crippen LogP) is 1.47. The van der Waals surface area contributed by atoms with Crippen LogP contribution in [0.1, 0.15) is 11.6 Å². The lowest BCUT2D eigenvalue weighted by Crippen LogP contribution is -2.33. The molecule has 1 aliphatic rings. The molecule has 0 fully saturated rings. The third kappa shape index (κ3) is 1.54. The second kappa shape index (κ2) is 4.12. The number of carbonyl (C=O) groups is 1. The van der Waals surface area contributed by atoms with E-state index in [1.165, 1.54) is 4.90 Å². The number of anilines is 1. The number of nitriles is 1. The topological polar surface area (TPSA) is 56.1 Å². The lowest BCUT2D eigenvalue weighted by Gasteiger charge is -2.13. The summed E-state index contributed by atoms with van der Waals surface area (Å²) in [5.74, 6) is -0.110. The van der Waals surface area contributed by atoms with Crippen LogP contribution < -0.4 is 10.2 Å². The van der Waals surface area contributed by atoms with Gasteiger partial charge in [0.15, 0.2) is 0 Å². The van der Waals surface area contributed by atoms with Gasteiger partial charge in [0.05, 0.1) is 11.8 Å². The van der Waals surface area contributed by atoms with Gasteiger partial charge < -0.3 is 5.32 Å². The SMILES string of the molecule is CNC1C(=O)N(CC#N)c2cc(Cl)ccc21. The van der Waals surface area contributed by atoms with E-state index in [9.17, 15) is 4.79 Å². The fourth-order valence-electron chi connectivity index (χ4n) is 1.92. The van der Waals surface area contributed by atoms with E-state index in [4.69, 9.17) is 16.9 Å². The first-order chi connectivity index (χ1) is 7.69. The maximum Gasteiger partial charge on any atom is 0.249 e. The number of rotatable bonds is 2. The highest BCUT2D eigenvalue weighted by Crippen LogP contribution is 2.37. The van der Waals surface area contributed by atoms with Crippen LogP contribution in [-0.4, -0.2) is 19.5 Å². The van der Waals surface area contributed by atoms with E-state index in [1.807, 2.05) is 12.1 Å². The van der Waals surface area contributed by atoms with E-state index in [2.05, 4.69) is 5.32 Å². The van der Waals surface area contributed by atoms with Gasteiger partial charge in [-0.2, -0.15) is 5.26 Å². The number of likely N-dealkylation sites (N-methyl/N-ethyl adjacent to an activating group) is 1. The number of benzene rings is 1. The molecule has 1 unspecified atom stereocenters. The Morgan fingerprint density at radius 1 is 1.62 bits per heavy atom. The fourth-order valence-corrected chi connectivity index (χ4v) is 2.08. The maximum atomic E-state index is 12.0. The second-order valence-electron chi connectivity index (χ2n) is 3.51. The van der Waals surface area contributed by atoms with Crippen molar-refractivity contribution in [2.24, 2.45) is 0 Å². The number of nitrogens with one attached hydrogen (secondary N) is 1. The highest BCUT2D eigenvalue weighted by molar-refractivity contribution is 6.31. The molecule has 16 heavy (non-hydrogen) atoms. The molecule has 0 bridgehead atoms. The number of fused-ring (bicyclic) bond motifs is 1. The summed E-state index contributed by atoms with van der Waals surface area (Å²) >= 11 is 5.89. The third-order valence-electron chi connectivity index (χ3n) is 2.62. The minimum Gasteiger partial charge on any atom is -0.305 e. The van der Waals surface area contributed by atoms with E-state index < -0.39 is 0 Å². The molecule has 5 heteroatoms. The van der Waals surface area contributed by atoms with Gasteiger partial charge in [0, 0.05) is 10.6 Å². The van der Waals surface area contributed by atoms with Gasteiger partial charge in [0.25, 0.3) is 0 Å². The van der Waals surface area contributed by atoms with Crippen molar-refractivity contribution in [3.05, 3.63) is 28.8 Å². The summed E-state index contributed by atoms with van der Waals surface area (Å²) in [7, 11) is 1.72. The zero-order chi connectivity index (χ0) is 11.7. The van der Waals surface area contributed by atoms with Crippen molar-refractivity contribution in [3.8, 4) is 6.07 Å². The van der Waals surface area contributed by atoms with Crippen LogP contribution in [0.15, 0.2) is 18.2 Å². The molecule has 0 radical (unpaired) electrons. The second-order valence-corrected chi connectivity index (χ2v) is 3.94. The van der Waals surface area contributed by atoms with E-state index in [1.54, 1.807) is 19.2 Å². The summed E-state index contributed by atoms with van der Waals surface area (Å²) in [6.45, 7) is 0.0460. The summed E-state index contributed by atoms with van der Waals surface area (Å²) in [6, 6.07) is 6.87. The minimum atomic E-state index is -0.374. The Morgan fingerprint density at radius 3 is 3.00 bits per heavy atom. The zero-order valence-electron chi connectivity index (χ0n) is 8.70. The van der Waals surface area contributed by atoms with Crippen molar-refractivity contribution in [2.75, 3.05) is 18.5 Å². The Labute approximate surface area is 98.4 Å². The number of hydrogen-bond donors (Lipinski definition) is 1. The molecule has 1 amide bonds. The molecule has 1 aromatic carbocycles. The Balaban J connectivity index is 2.51. The molecular formula is C11H10ClN3O. The first-order valence-electron chi connectivity index (χ1n) is 4.84. The Hall–Kier alpha value is -1.57. The number of carbonyl (C=O) groups excluding carboxylic acids is 1. The quantitative estimate of drug-likeness (QED) is 0.790. The monoisotopic (exact) mass is 235 g/mol. The Bertz CT molecular complexity index is 481. The van der Waals surface area contributed by atoms with Gasteiger partial charge in [-0.25, -0.2) is 0 Å². The predicted molar refractivity (Wildman–Crippen MR) is 61.2 cm³/mol. The van der Waals surface area contributed by atoms with Gasteiger partial charge >= 0.3 is 0 Å². The average molecular weight is 236 g/mol. The van der Waals surface area contributed by atoms with E-state index in [0.29, 0.717) is 5.02 Å². The molecule has 1 heterocycles. The molecule has 1 aliphatic heterocycles. The summed E-state index contributed by atoms with van der Waals surface area (Å²) in [6.07, 6.45) is 0.